The summed E-state index contributed by atoms with van der Waals surface area (Å²) in [6.45, 7) is 10.5. The topological polar surface area (TPSA) is 15.3 Å². The van der Waals surface area contributed by atoms with Gasteiger partial charge in [0.1, 0.15) is 0 Å². The lowest BCUT2D eigenvalue weighted by Crippen LogP contribution is -2.18. The first-order chi connectivity index (χ1) is 7.64. The molecule has 0 amide bonds. The van der Waals surface area contributed by atoms with Gasteiger partial charge < -0.3 is 10.2 Å². The van der Waals surface area contributed by atoms with Crippen molar-refractivity contribution in [1.82, 2.24) is 10.2 Å². The predicted octanol–water partition coefficient (Wildman–Crippen LogP) is 2.74. The second-order valence-corrected chi connectivity index (χ2v) is 3.92. The van der Waals surface area contributed by atoms with Crippen molar-refractivity contribution in [3.63, 3.8) is 0 Å². The van der Waals surface area contributed by atoms with E-state index < -0.39 is 5.92 Å². The zero-order valence-corrected chi connectivity index (χ0v) is 10.9. The molecular formula is C12H26F2N2. The zero-order chi connectivity index (χ0) is 12.4. The lowest BCUT2D eigenvalue weighted by Gasteiger charge is -2.08. The Hall–Kier alpha value is -0.220. The Morgan fingerprint density at radius 1 is 1.19 bits per heavy atom. The highest BCUT2D eigenvalue weighted by Crippen LogP contribution is 2.19. The molecule has 0 aromatic heterocycles. The van der Waals surface area contributed by atoms with E-state index in [-0.39, 0.29) is 13.0 Å². The number of alkyl halides is 2. The summed E-state index contributed by atoms with van der Waals surface area (Å²) in [4.78, 5) is 2.49. The first-order valence-electron chi connectivity index (χ1n) is 6.45. The third-order valence-electron chi connectivity index (χ3n) is 2.70. The molecule has 0 spiro atoms. The molecule has 0 atom stereocenters. The maximum absolute atomic E-state index is 11.9. The third-order valence-corrected chi connectivity index (χ3v) is 2.70. The smallest absolute Gasteiger partial charge is 0.261 e. The number of hydrogen-bond donors (Lipinski definition) is 1. The van der Waals surface area contributed by atoms with E-state index in [4.69, 9.17) is 0 Å². The van der Waals surface area contributed by atoms with Crippen LogP contribution in [0.25, 0.3) is 0 Å². The molecule has 0 aliphatic carbocycles. The van der Waals surface area contributed by atoms with Gasteiger partial charge in [0.05, 0.1) is 6.54 Å². The zero-order valence-electron chi connectivity index (χ0n) is 10.9. The van der Waals surface area contributed by atoms with Crippen LogP contribution < -0.4 is 5.32 Å². The highest BCUT2D eigenvalue weighted by Gasteiger charge is 2.32. The summed E-state index contributed by atoms with van der Waals surface area (Å²) in [6.07, 6.45) is 2.86. The molecule has 1 N–H and O–H groups in total. The molecule has 0 saturated carbocycles. The Labute approximate surface area is 98.4 Å². The molecule has 2 heterocycles. The summed E-state index contributed by atoms with van der Waals surface area (Å²) >= 11 is 0. The number of nitrogens with one attached hydrogen (secondary N) is 1. The summed E-state index contributed by atoms with van der Waals surface area (Å²) in [5, 5.41) is 2.56. The molecule has 2 fully saturated rings. The van der Waals surface area contributed by atoms with E-state index in [2.05, 4.69) is 17.1 Å². The molecule has 0 bridgehead atoms. The van der Waals surface area contributed by atoms with Crippen LogP contribution in [-0.2, 0) is 0 Å². The SMILES string of the molecule is CC.CCN1CCCC1.FC1(F)CCNC1. The normalized spacial score (nSPS) is 23.1. The maximum atomic E-state index is 11.9. The van der Waals surface area contributed by atoms with E-state index in [1.54, 1.807) is 0 Å². The number of rotatable bonds is 1. The average molecular weight is 236 g/mol. The maximum Gasteiger partial charge on any atom is 0.261 e. The number of nitrogens with zero attached hydrogens (tertiary/aromatic N) is 1. The molecule has 4 heteroatoms. The quantitative estimate of drug-likeness (QED) is 0.753. The van der Waals surface area contributed by atoms with Gasteiger partial charge in [-0.25, -0.2) is 8.78 Å². The van der Waals surface area contributed by atoms with Gasteiger partial charge in [0, 0.05) is 13.0 Å². The van der Waals surface area contributed by atoms with Gasteiger partial charge in [-0.05, 0) is 32.5 Å². The largest absolute Gasteiger partial charge is 0.311 e. The molecule has 0 aromatic rings. The van der Waals surface area contributed by atoms with Gasteiger partial charge in [0.15, 0.2) is 0 Å². The van der Waals surface area contributed by atoms with Crippen LogP contribution in [0, 0.1) is 0 Å². The number of halogens is 2. The minimum absolute atomic E-state index is 0.00694. The van der Waals surface area contributed by atoms with Crippen molar-refractivity contribution in [1.29, 1.82) is 0 Å². The van der Waals surface area contributed by atoms with Crippen LogP contribution in [0.5, 0.6) is 0 Å². The minimum Gasteiger partial charge on any atom is -0.311 e. The summed E-state index contributed by atoms with van der Waals surface area (Å²) in [6, 6.07) is 0. The first kappa shape index (κ1) is 15.8. The van der Waals surface area contributed by atoms with Gasteiger partial charge >= 0.3 is 0 Å². The molecule has 0 radical (unpaired) electrons. The Balaban J connectivity index is 0.000000244. The Kier molecular flexibility index (Phi) is 8.76. The minimum atomic E-state index is -2.42. The second kappa shape index (κ2) is 8.88. The van der Waals surface area contributed by atoms with E-state index in [1.807, 2.05) is 13.8 Å². The predicted molar refractivity (Wildman–Crippen MR) is 65.1 cm³/mol. The van der Waals surface area contributed by atoms with Gasteiger partial charge in [0.25, 0.3) is 5.92 Å². The Morgan fingerprint density at radius 2 is 1.75 bits per heavy atom. The van der Waals surface area contributed by atoms with Gasteiger partial charge in [-0.3, -0.25) is 0 Å². The first-order valence-corrected chi connectivity index (χ1v) is 6.45. The van der Waals surface area contributed by atoms with Crippen LogP contribution in [0.3, 0.4) is 0 Å². The lowest BCUT2D eigenvalue weighted by molar-refractivity contribution is 0.0238. The van der Waals surface area contributed by atoms with E-state index in [1.165, 1.54) is 32.5 Å². The van der Waals surface area contributed by atoms with Crippen molar-refractivity contribution in [2.24, 2.45) is 0 Å². The molecule has 2 nitrogen and oxygen atoms in total. The summed E-state index contributed by atoms with van der Waals surface area (Å²) < 4.78 is 23.8. The highest BCUT2D eigenvalue weighted by atomic mass is 19.3. The van der Waals surface area contributed by atoms with E-state index >= 15 is 0 Å². The van der Waals surface area contributed by atoms with Crippen LogP contribution in [0.15, 0.2) is 0 Å². The summed E-state index contributed by atoms with van der Waals surface area (Å²) in [7, 11) is 0. The monoisotopic (exact) mass is 236 g/mol. The van der Waals surface area contributed by atoms with Crippen molar-refractivity contribution in [2.75, 3.05) is 32.7 Å². The Bertz CT molecular complexity index is 149. The molecule has 2 rings (SSSR count). The Morgan fingerprint density at radius 3 is 1.94 bits per heavy atom. The van der Waals surface area contributed by atoms with E-state index in [0.717, 1.165) is 0 Å². The van der Waals surface area contributed by atoms with Crippen LogP contribution in [0.1, 0.15) is 40.0 Å². The molecule has 2 saturated heterocycles. The number of likely N-dealkylation sites (tertiary alicyclic amines) is 1. The van der Waals surface area contributed by atoms with Gasteiger partial charge in [-0.1, -0.05) is 20.8 Å². The fraction of sp³-hybridized carbons (Fsp3) is 1.00. The van der Waals surface area contributed by atoms with Crippen molar-refractivity contribution < 1.29 is 8.78 Å². The van der Waals surface area contributed by atoms with Crippen LogP contribution in [0.4, 0.5) is 8.78 Å². The molecule has 16 heavy (non-hydrogen) atoms. The summed E-state index contributed by atoms with van der Waals surface area (Å²) in [5.74, 6) is -2.42. The molecule has 2 aliphatic heterocycles. The third kappa shape index (κ3) is 7.12. The second-order valence-electron chi connectivity index (χ2n) is 3.92. The van der Waals surface area contributed by atoms with Crippen molar-refractivity contribution in [2.45, 2.75) is 46.0 Å². The van der Waals surface area contributed by atoms with Gasteiger partial charge in [-0.2, -0.15) is 0 Å². The van der Waals surface area contributed by atoms with Crippen molar-refractivity contribution in [3.05, 3.63) is 0 Å². The van der Waals surface area contributed by atoms with Gasteiger partial charge in [0.2, 0.25) is 0 Å². The number of hydrogen-bond acceptors (Lipinski definition) is 2. The fourth-order valence-electron chi connectivity index (χ4n) is 1.73. The average Bonchev–Trinajstić information content (AvgIpc) is 2.92. The molecular weight excluding hydrogens is 210 g/mol. The van der Waals surface area contributed by atoms with E-state index in [9.17, 15) is 8.78 Å². The van der Waals surface area contributed by atoms with Crippen LogP contribution >= 0.6 is 0 Å². The van der Waals surface area contributed by atoms with Crippen LogP contribution in [0.2, 0.25) is 0 Å². The fourth-order valence-corrected chi connectivity index (χ4v) is 1.73. The van der Waals surface area contributed by atoms with Gasteiger partial charge in [-0.15, -0.1) is 0 Å². The molecule has 98 valence electrons. The standard InChI is InChI=1S/C6H13N.C4H7F2N.C2H6/c1-2-7-5-3-4-6-7;5-4(6)1-2-7-3-4;1-2/h2-6H2,1H3;7H,1-3H2;1-2H3. The summed E-state index contributed by atoms with van der Waals surface area (Å²) in [5.41, 5.74) is 0. The molecule has 2 aliphatic rings. The van der Waals surface area contributed by atoms with Crippen molar-refractivity contribution in [3.8, 4) is 0 Å². The van der Waals surface area contributed by atoms with Crippen molar-refractivity contribution >= 4 is 0 Å². The highest BCUT2D eigenvalue weighted by molar-refractivity contribution is 4.77. The van der Waals surface area contributed by atoms with Crippen LogP contribution in [-0.4, -0.2) is 43.5 Å². The molecule has 0 aromatic carbocycles. The molecule has 0 unspecified atom stereocenters. The van der Waals surface area contributed by atoms with E-state index in [0.29, 0.717) is 6.54 Å². The lowest BCUT2D eigenvalue weighted by atomic mass is 10.3.